The monoisotopic (exact) mass is 365 g/mol. The molecule has 1 aromatic heterocycles. The molecule has 0 saturated carbocycles. The standard InChI is InChI=1S/C19H15N3O5/c1-12(18(23)21-15-8-4-5-9-17(15)22(25)26)27-19(24)16-11-10-13-6-2-3-7-14(13)20-16/h2-12H,1H3,(H,21,23)/t12-/m0/s1. The first-order valence-electron chi connectivity index (χ1n) is 8.07. The lowest BCUT2D eigenvalue weighted by molar-refractivity contribution is -0.383. The van der Waals surface area contributed by atoms with Crippen molar-refractivity contribution in [2.45, 2.75) is 13.0 Å². The summed E-state index contributed by atoms with van der Waals surface area (Å²) in [5.41, 5.74) is 0.475. The molecule has 0 saturated heterocycles. The van der Waals surface area contributed by atoms with Crippen molar-refractivity contribution < 1.29 is 19.2 Å². The summed E-state index contributed by atoms with van der Waals surface area (Å²) < 4.78 is 5.14. The van der Waals surface area contributed by atoms with Gasteiger partial charge in [-0.3, -0.25) is 14.9 Å². The molecule has 0 aliphatic rings. The van der Waals surface area contributed by atoms with E-state index in [9.17, 15) is 19.7 Å². The van der Waals surface area contributed by atoms with Crippen LogP contribution in [-0.4, -0.2) is 27.9 Å². The van der Waals surface area contributed by atoms with Gasteiger partial charge in [0, 0.05) is 11.5 Å². The predicted molar refractivity (Wildman–Crippen MR) is 98.3 cm³/mol. The van der Waals surface area contributed by atoms with Gasteiger partial charge in [-0.15, -0.1) is 0 Å². The summed E-state index contributed by atoms with van der Waals surface area (Å²) in [5.74, 6) is -1.44. The number of ether oxygens (including phenoxy) is 1. The zero-order valence-corrected chi connectivity index (χ0v) is 14.3. The number of nitrogens with zero attached hydrogens (tertiary/aromatic N) is 2. The molecule has 2 aromatic carbocycles. The summed E-state index contributed by atoms with van der Waals surface area (Å²) in [7, 11) is 0. The zero-order valence-electron chi connectivity index (χ0n) is 14.3. The molecule has 1 atom stereocenters. The number of para-hydroxylation sites is 3. The van der Waals surface area contributed by atoms with E-state index in [2.05, 4.69) is 10.3 Å². The summed E-state index contributed by atoms with van der Waals surface area (Å²) in [5, 5.41) is 14.3. The SMILES string of the molecule is C[C@H](OC(=O)c1ccc2ccccc2n1)C(=O)Nc1ccccc1[N+](=O)[O-]. The van der Waals surface area contributed by atoms with Crippen LogP contribution in [-0.2, 0) is 9.53 Å². The molecule has 8 nitrogen and oxygen atoms in total. The first kappa shape index (κ1) is 18.0. The molecule has 27 heavy (non-hydrogen) atoms. The van der Waals surface area contributed by atoms with E-state index in [1.165, 1.54) is 31.2 Å². The molecule has 3 rings (SSSR count). The molecule has 3 aromatic rings. The molecular formula is C19H15N3O5. The predicted octanol–water partition coefficient (Wildman–Crippen LogP) is 3.33. The second-order valence-electron chi connectivity index (χ2n) is 5.70. The minimum atomic E-state index is -1.16. The average Bonchev–Trinajstić information content (AvgIpc) is 2.67. The van der Waals surface area contributed by atoms with E-state index in [4.69, 9.17) is 4.74 Å². The summed E-state index contributed by atoms with van der Waals surface area (Å²) in [6.07, 6.45) is -1.16. The second-order valence-corrected chi connectivity index (χ2v) is 5.70. The van der Waals surface area contributed by atoms with Gasteiger partial charge in [-0.25, -0.2) is 9.78 Å². The topological polar surface area (TPSA) is 111 Å². The number of anilines is 1. The van der Waals surface area contributed by atoms with Crippen molar-refractivity contribution >= 4 is 34.2 Å². The highest BCUT2D eigenvalue weighted by molar-refractivity contribution is 5.98. The number of amides is 1. The van der Waals surface area contributed by atoms with Gasteiger partial charge in [-0.05, 0) is 25.1 Å². The molecule has 1 amide bonds. The van der Waals surface area contributed by atoms with Gasteiger partial charge in [0.05, 0.1) is 10.4 Å². The molecule has 0 fully saturated rings. The number of hydrogen-bond acceptors (Lipinski definition) is 6. The molecule has 136 valence electrons. The summed E-state index contributed by atoms with van der Waals surface area (Å²) in [6, 6.07) is 16.2. The van der Waals surface area contributed by atoms with Crippen LogP contribution in [0.4, 0.5) is 11.4 Å². The van der Waals surface area contributed by atoms with Crippen molar-refractivity contribution in [3.05, 3.63) is 76.5 Å². The number of nitrogens with one attached hydrogen (secondary N) is 1. The van der Waals surface area contributed by atoms with Gasteiger partial charge in [0.15, 0.2) is 6.10 Å². The van der Waals surface area contributed by atoms with Crippen molar-refractivity contribution in [1.29, 1.82) is 0 Å². The van der Waals surface area contributed by atoms with E-state index in [0.717, 1.165) is 5.39 Å². The number of nitro benzene ring substituents is 1. The Balaban J connectivity index is 1.70. The normalized spacial score (nSPS) is 11.6. The number of esters is 1. The number of carbonyl (C=O) groups is 2. The van der Waals surface area contributed by atoms with Gasteiger partial charge < -0.3 is 10.1 Å². The van der Waals surface area contributed by atoms with Crippen LogP contribution in [0.2, 0.25) is 0 Å². The van der Waals surface area contributed by atoms with Crippen LogP contribution in [0, 0.1) is 10.1 Å². The van der Waals surface area contributed by atoms with Crippen LogP contribution in [0.25, 0.3) is 10.9 Å². The lowest BCUT2D eigenvalue weighted by atomic mass is 10.2. The first-order chi connectivity index (χ1) is 13.0. The molecule has 1 heterocycles. The number of fused-ring (bicyclic) bond motifs is 1. The molecule has 1 N–H and O–H groups in total. The van der Waals surface area contributed by atoms with Crippen LogP contribution >= 0.6 is 0 Å². The van der Waals surface area contributed by atoms with Gasteiger partial charge in [-0.1, -0.05) is 36.4 Å². The molecule has 0 spiro atoms. The van der Waals surface area contributed by atoms with Gasteiger partial charge >= 0.3 is 5.97 Å². The molecular weight excluding hydrogens is 350 g/mol. The summed E-state index contributed by atoms with van der Waals surface area (Å²) in [4.78, 5) is 39.1. The van der Waals surface area contributed by atoms with Crippen LogP contribution < -0.4 is 5.32 Å². The fraction of sp³-hybridized carbons (Fsp3) is 0.105. The summed E-state index contributed by atoms with van der Waals surface area (Å²) >= 11 is 0. The fourth-order valence-electron chi connectivity index (χ4n) is 2.43. The van der Waals surface area contributed by atoms with Crippen molar-refractivity contribution in [1.82, 2.24) is 4.98 Å². The lowest BCUT2D eigenvalue weighted by Gasteiger charge is -2.13. The Morgan fingerprint density at radius 3 is 2.56 bits per heavy atom. The van der Waals surface area contributed by atoms with Crippen LogP contribution in [0.1, 0.15) is 17.4 Å². The lowest BCUT2D eigenvalue weighted by Crippen LogP contribution is -2.30. The van der Waals surface area contributed by atoms with Gasteiger partial charge in [0.25, 0.3) is 11.6 Å². The Kier molecular flexibility index (Phi) is 5.07. The Hall–Kier alpha value is -3.81. The molecule has 0 bridgehead atoms. The number of carbonyl (C=O) groups excluding carboxylic acids is 2. The molecule has 0 unspecified atom stereocenters. The Labute approximate surface area is 153 Å². The van der Waals surface area contributed by atoms with Crippen LogP contribution in [0.15, 0.2) is 60.7 Å². The number of nitro groups is 1. The van der Waals surface area contributed by atoms with E-state index in [-0.39, 0.29) is 17.1 Å². The Bertz CT molecular complexity index is 1030. The third-order valence-corrected chi connectivity index (χ3v) is 3.82. The van der Waals surface area contributed by atoms with Crippen LogP contribution in [0.5, 0.6) is 0 Å². The number of pyridine rings is 1. The van der Waals surface area contributed by atoms with Crippen molar-refractivity contribution in [2.24, 2.45) is 0 Å². The smallest absolute Gasteiger partial charge is 0.357 e. The molecule has 8 heteroatoms. The third kappa shape index (κ3) is 4.06. The Morgan fingerprint density at radius 2 is 1.78 bits per heavy atom. The number of hydrogen-bond donors (Lipinski definition) is 1. The first-order valence-corrected chi connectivity index (χ1v) is 8.07. The Morgan fingerprint density at radius 1 is 1.07 bits per heavy atom. The molecule has 0 aliphatic carbocycles. The van der Waals surface area contributed by atoms with Crippen molar-refractivity contribution in [3.63, 3.8) is 0 Å². The molecule has 0 aliphatic heterocycles. The minimum Gasteiger partial charge on any atom is -0.448 e. The zero-order chi connectivity index (χ0) is 19.4. The van der Waals surface area contributed by atoms with Gasteiger partial charge in [0.1, 0.15) is 11.4 Å². The quantitative estimate of drug-likeness (QED) is 0.422. The highest BCUT2D eigenvalue weighted by atomic mass is 16.6. The highest BCUT2D eigenvalue weighted by Crippen LogP contribution is 2.23. The maximum absolute atomic E-state index is 12.3. The highest BCUT2D eigenvalue weighted by Gasteiger charge is 2.22. The van der Waals surface area contributed by atoms with Crippen LogP contribution in [0.3, 0.4) is 0 Å². The maximum Gasteiger partial charge on any atom is 0.357 e. The fourth-order valence-corrected chi connectivity index (χ4v) is 2.43. The van der Waals surface area contributed by atoms with E-state index in [1.54, 1.807) is 24.3 Å². The largest absolute Gasteiger partial charge is 0.448 e. The average molecular weight is 365 g/mol. The van der Waals surface area contributed by atoms with E-state index in [0.29, 0.717) is 5.52 Å². The van der Waals surface area contributed by atoms with E-state index < -0.39 is 22.9 Å². The summed E-state index contributed by atoms with van der Waals surface area (Å²) in [6.45, 7) is 1.38. The molecule has 0 radical (unpaired) electrons. The van der Waals surface area contributed by atoms with Gasteiger partial charge in [0.2, 0.25) is 0 Å². The number of aromatic nitrogens is 1. The van der Waals surface area contributed by atoms with Crippen molar-refractivity contribution in [3.8, 4) is 0 Å². The number of rotatable bonds is 5. The van der Waals surface area contributed by atoms with E-state index in [1.807, 2.05) is 12.1 Å². The third-order valence-electron chi connectivity index (χ3n) is 3.82. The maximum atomic E-state index is 12.3. The van der Waals surface area contributed by atoms with Gasteiger partial charge in [-0.2, -0.15) is 0 Å². The minimum absolute atomic E-state index is 0.0271. The number of benzene rings is 2. The van der Waals surface area contributed by atoms with E-state index >= 15 is 0 Å². The second kappa shape index (κ2) is 7.61. The van der Waals surface area contributed by atoms with Crippen molar-refractivity contribution in [2.75, 3.05) is 5.32 Å².